The average molecular weight is 259 g/mol. The van der Waals surface area contributed by atoms with Crippen molar-refractivity contribution in [3.63, 3.8) is 0 Å². The smallest absolute Gasteiger partial charge is 0.220 e. The number of methoxy groups -OCH3 is 1. The predicted octanol–water partition coefficient (Wildman–Crippen LogP) is 0.849. The maximum Gasteiger partial charge on any atom is 0.220 e. The molecule has 1 amide bonds. The van der Waals surface area contributed by atoms with E-state index in [1.165, 1.54) is 6.42 Å². The van der Waals surface area contributed by atoms with Gasteiger partial charge in [0.05, 0.1) is 18.8 Å². The molecule has 0 aromatic rings. The fourth-order valence-electron chi connectivity index (χ4n) is 2.07. The van der Waals surface area contributed by atoms with Crippen LogP contribution in [0.25, 0.3) is 0 Å². The summed E-state index contributed by atoms with van der Waals surface area (Å²) >= 11 is 0. The number of ether oxygens (including phenoxy) is 2. The number of amides is 1. The predicted molar refractivity (Wildman–Crippen MR) is 68.3 cm³/mol. The van der Waals surface area contributed by atoms with E-state index in [-0.39, 0.29) is 12.0 Å². The largest absolute Gasteiger partial charge is 0.391 e. The van der Waals surface area contributed by atoms with E-state index in [0.29, 0.717) is 26.0 Å². The van der Waals surface area contributed by atoms with Crippen LogP contribution in [0.2, 0.25) is 0 Å². The topological polar surface area (TPSA) is 67.8 Å². The zero-order valence-corrected chi connectivity index (χ0v) is 11.2. The lowest BCUT2D eigenvalue weighted by atomic mass is 10.0. The second kappa shape index (κ2) is 9.30. The molecule has 1 aliphatic rings. The second-order valence-electron chi connectivity index (χ2n) is 4.78. The quantitative estimate of drug-likeness (QED) is 0.678. The van der Waals surface area contributed by atoms with Crippen LogP contribution >= 0.6 is 0 Å². The molecule has 1 heterocycles. The molecule has 2 N–H and O–H groups in total. The Labute approximate surface area is 109 Å². The summed E-state index contributed by atoms with van der Waals surface area (Å²) in [5.41, 5.74) is 0. The molecule has 0 radical (unpaired) electrons. The first kappa shape index (κ1) is 15.4. The van der Waals surface area contributed by atoms with Crippen molar-refractivity contribution < 1.29 is 19.4 Å². The minimum atomic E-state index is -0.503. The lowest BCUT2D eigenvalue weighted by Crippen LogP contribution is -2.29. The molecule has 0 bridgehead atoms. The molecule has 0 spiro atoms. The van der Waals surface area contributed by atoms with Crippen molar-refractivity contribution in [3.05, 3.63) is 0 Å². The number of carbonyl (C=O) groups is 1. The van der Waals surface area contributed by atoms with Crippen molar-refractivity contribution in [2.75, 3.05) is 26.9 Å². The first-order valence-electron chi connectivity index (χ1n) is 6.77. The molecule has 2 unspecified atom stereocenters. The number of hydrogen-bond donors (Lipinski definition) is 2. The Hall–Kier alpha value is -0.650. The van der Waals surface area contributed by atoms with Crippen molar-refractivity contribution in [2.45, 2.75) is 50.7 Å². The first-order valence-corrected chi connectivity index (χ1v) is 6.77. The molecule has 0 aromatic heterocycles. The van der Waals surface area contributed by atoms with Crippen LogP contribution in [0, 0.1) is 0 Å². The van der Waals surface area contributed by atoms with Crippen LogP contribution < -0.4 is 5.32 Å². The van der Waals surface area contributed by atoms with Gasteiger partial charge in [-0.25, -0.2) is 0 Å². The number of rotatable bonds is 8. The van der Waals surface area contributed by atoms with Gasteiger partial charge in [0.1, 0.15) is 0 Å². The van der Waals surface area contributed by atoms with Gasteiger partial charge in [0.15, 0.2) is 0 Å². The van der Waals surface area contributed by atoms with Crippen molar-refractivity contribution in [3.8, 4) is 0 Å². The van der Waals surface area contributed by atoms with E-state index in [1.807, 2.05) is 0 Å². The number of carbonyl (C=O) groups excluding carboxylic acids is 1. The number of aliphatic hydroxyl groups excluding tert-OH is 1. The fourth-order valence-corrected chi connectivity index (χ4v) is 2.07. The number of aliphatic hydroxyl groups is 1. The standard InChI is InChI=1S/C13H25NO4/c1-17-10-11(15)7-8-14-13(16)6-5-12-4-2-3-9-18-12/h11-12,15H,2-10H2,1H3,(H,14,16). The maximum absolute atomic E-state index is 11.5. The Balaban J connectivity index is 1.99. The van der Waals surface area contributed by atoms with E-state index < -0.39 is 6.10 Å². The van der Waals surface area contributed by atoms with Gasteiger partial charge in [0.25, 0.3) is 0 Å². The Kier molecular flexibility index (Phi) is 7.96. The van der Waals surface area contributed by atoms with Gasteiger partial charge in [-0.05, 0) is 32.1 Å². The lowest BCUT2D eigenvalue weighted by molar-refractivity contribution is -0.122. The molecule has 1 fully saturated rings. The molecular weight excluding hydrogens is 234 g/mol. The summed E-state index contributed by atoms with van der Waals surface area (Å²) < 4.78 is 10.4. The third-order valence-electron chi connectivity index (χ3n) is 3.13. The van der Waals surface area contributed by atoms with E-state index in [2.05, 4.69) is 5.32 Å². The zero-order valence-electron chi connectivity index (χ0n) is 11.2. The molecule has 0 aromatic carbocycles. The van der Waals surface area contributed by atoms with E-state index in [0.717, 1.165) is 25.9 Å². The molecule has 1 aliphatic heterocycles. The molecule has 5 nitrogen and oxygen atoms in total. The van der Waals surface area contributed by atoms with Crippen LogP contribution in [0.15, 0.2) is 0 Å². The monoisotopic (exact) mass is 259 g/mol. The van der Waals surface area contributed by atoms with Gasteiger partial charge in [0, 0.05) is 26.7 Å². The molecule has 1 rings (SSSR count). The molecule has 1 saturated heterocycles. The van der Waals surface area contributed by atoms with Gasteiger partial charge < -0.3 is 19.9 Å². The molecule has 18 heavy (non-hydrogen) atoms. The first-order chi connectivity index (χ1) is 8.72. The summed E-state index contributed by atoms with van der Waals surface area (Å²) in [5.74, 6) is 0.0359. The maximum atomic E-state index is 11.5. The van der Waals surface area contributed by atoms with E-state index in [1.54, 1.807) is 7.11 Å². The minimum absolute atomic E-state index is 0.0359. The summed E-state index contributed by atoms with van der Waals surface area (Å²) in [4.78, 5) is 11.5. The third-order valence-corrected chi connectivity index (χ3v) is 3.13. The second-order valence-corrected chi connectivity index (χ2v) is 4.78. The summed E-state index contributed by atoms with van der Waals surface area (Å²) in [6, 6.07) is 0. The lowest BCUT2D eigenvalue weighted by Gasteiger charge is -2.22. The van der Waals surface area contributed by atoms with Gasteiger partial charge in [-0.3, -0.25) is 4.79 Å². The molecule has 0 aliphatic carbocycles. The van der Waals surface area contributed by atoms with Crippen LogP contribution in [0.3, 0.4) is 0 Å². The Morgan fingerprint density at radius 2 is 2.39 bits per heavy atom. The van der Waals surface area contributed by atoms with Crippen LogP contribution in [0.1, 0.15) is 38.5 Å². The number of hydrogen-bond acceptors (Lipinski definition) is 4. The highest BCUT2D eigenvalue weighted by molar-refractivity contribution is 5.75. The summed E-state index contributed by atoms with van der Waals surface area (Å²) in [6.07, 6.45) is 4.99. The Morgan fingerprint density at radius 1 is 1.56 bits per heavy atom. The zero-order chi connectivity index (χ0) is 13.2. The van der Waals surface area contributed by atoms with Crippen LogP contribution in [-0.4, -0.2) is 50.1 Å². The highest BCUT2D eigenvalue weighted by atomic mass is 16.5. The highest BCUT2D eigenvalue weighted by Crippen LogP contribution is 2.16. The van der Waals surface area contributed by atoms with E-state index in [4.69, 9.17) is 9.47 Å². The Bertz CT molecular complexity index is 229. The molecule has 0 saturated carbocycles. The molecule has 2 atom stereocenters. The third kappa shape index (κ3) is 6.93. The summed E-state index contributed by atoms with van der Waals surface area (Å²) in [5, 5.41) is 12.2. The molecular formula is C13H25NO4. The van der Waals surface area contributed by atoms with Crippen molar-refractivity contribution >= 4 is 5.91 Å². The molecule has 106 valence electrons. The van der Waals surface area contributed by atoms with Crippen molar-refractivity contribution in [2.24, 2.45) is 0 Å². The van der Waals surface area contributed by atoms with Crippen LogP contribution in [0.5, 0.6) is 0 Å². The van der Waals surface area contributed by atoms with Crippen LogP contribution in [0.4, 0.5) is 0 Å². The fraction of sp³-hybridized carbons (Fsp3) is 0.923. The van der Waals surface area contributed by atoms with Gasteiger partial charge >= 0.3 is 0 Å². The summed E-state index contributed by atoms with van der Waals surface area (Å²) in [7, 11) is 1.55. The van der Waals surface area contributed by atoms with Crippen molar-refractivity contribution in [1.82, 2.24) is 5.32 Å². The van der Waals surface area contributed by atoms with Crippen LogP contribution in [-0.2, 0) is 14.3 Å². The summed E-state index contributed by atoms with van der Waals surface area (Å²) in [6.45, 7) is 1.64. The SMILES string of the molecule is COCC(O)CCNC(=O)CCC1CCCCO1. The van der Waals surface area contributed by atoms with E-state index >= 15 is 0 Å². The normalized spacial score (nSPS) is 21.6. The minimum Gasteiger partial charge on any atom is -0.391 e. The Morgan fingerprint density at radius 3 is 3.06 bits per heavy atom. The van der Waals surface area contributed by atoms with Crippen molar-refractivity contribution in [1.29, 1.82) is 0 Å². The van der Waals surface area contributed by atoms with Gasteiger partial charge in [-0.2, -0.15) is 0 Å². The van der Waals surface area contributed by atoms with E-state index in [9.17, 15) is 9.90 Å². The van der Waals surface area contributed by atoms with Gasteiger partial charge in [-0.15, -0.1) is 0 Å². The number of nitrogens with one attached hydrogen (secondary N) is 1. The van der Waals surface area contributed by atoms with Gasteiger partial charge in [0.2, 0.25) is 5.91 Å². The molecule has 5 heteroatoms. The average Bonchev–Trinajstić information content (AvgIpc) is 2.38. The van der Waals surface area contributed by atoms with Gasteiger partial charge in [-0.1, -0.05) is 0 Å². The highest BCUT2D eigenvalue weighted by Gasteiger charge is 2.15.